The molecule has 4 nitrogen and oxygen atoms in total. The molecule has 0 aromatic carbocycles. The lowest BCUT2D eigenvalue weighted by molar-refractivity contribution is 0.250. The summed E-state index contributed by atoms with van der Waals surface area (Å²) in [5.41, 5.74) is 0. The molecule has 2 N–H and O–H groups in total. The van der Waals surface area contributed by atoms with Crippen LogP contribution in [0.4, 0.5) is 5.82 Å². The van der Waals surface area contributed by atoms with Gasteiger partial charge in [0.05, 0.1) is 0 Å². The molecule has 102 valence electrons. The van der Waals surface area contributed by atoms with Crippen LogP contribution in [0.1, 0.15) is 20.3 Å². The first-order chi connectivity index (χ1) is 8.69. The zero-order valence-corrected chi connectivity index (χ0v) is 12.8. The average Bonchev–Trinajstić information content (AvgIpc) is 2.42. The van der Waals surface area contributed by atoms with E-state index in [1.165, 1.54) is 0 Å². The number of anilines is 1. The van der Waals surface area contributed by atoms with Gasteiger partial charge in [-0.25, -0.2) is 9.97 Å². The van der Waals surface area contributed by atoms with Crippen molar-refractivity contribution in [2.75, 3.05) is 30.5 Å². The second-order valence-electron chi connectivity index (χ2n) is 4.10. The lowest BCUT2D eigenvalue weighted by atomic mass is 10.2. The fraction of sp³-hybridized carbons (Fsp3) is 0.667. The maximum absolute atomic E-state index is 9.02. The van der Waals surface area contributed by atoms with Crippen molar-refractivity contribution in [3.05, 3.63) is 6.07 Å². The summed E-state index contributed by atoms with van der Waals surface area (Å²) in [4.78, 5) is 8.87. The SMILES string of the molecule is CCCNc1cc(SCC(C)CO)nc(SC)n1. The Labute approximate surface area is 117 Å². The summed E-state index contributed by atoms with van der Waals surface area (Å²) >= 11 is 3.21. The second-order valence-corrected chi connectivity index (χ2v) is 5.92. The van der Waals surface area contributed by atoms with E-state index in [1.807, 2.05) is 19.2 Å². The number of aliphatic hydroxyl groups excluding tert-OH is 1. The van der Waals surface area contributed by atoms with E-state index in [0.29, 0.717) is 0 Å². The van der Waals surface area contributed by atoms with Crippen LogP contribution in [-0.2, 0) is 0 Å². The minimum absolute atomic E-state index is 0.217. The molecule has 0 fully saturated rings. The van der Waals surface area contributed by atoms with Gasteiger partial charge in [-0.2, -0.15) is 0 Å². The maximum Gasteiger partial charge on any atom is 0.190 e. The number of hydrogen-bond donors (Lipinski definition) is 2. The second kappa shape index (κ2) is 8.61. The lowest BCUT2D eigenvalue weighted by Crippen LogP contribution is -2.06. The number of rotatable bonds is 8. The zero-order valence-electron chi connectivity index (χ0n) is 11.1. The largest absolute Gasteiger partial charge is 0.396 e. The summed E-state index contributed by atoms with van der Waals surface area (Å²) in [7, 11) is 0. The van der Waals surface area contributed by atoms with E-state index in [9.17, 15) is 0 Å². The van der Waals surface area contributed by atoms with E-state index >= 15 is 0 Å². The predicted octanol–water partition coefficient (Wildman–Crippen LogP) is 2.74. The molecule has 6 heteroatoms. The van der Waals surface area contributed by atoms with E-state index in [0.717, 1.165) is 34.7 Å². The van der Waals surface area contributed by atoms with Gasteiger partial charge in [0.2, 0.25) is 0 Å². The third-order valence-electron chi connectivity index (χ3n) is 2.25. The summed E-state index contributed by atoms with van der Waals surface area (Å²) in [6.45, 7) is 5.29. The number of hydrogen-bond acceptors (Lipinski definition) is 6. The first kappa shape index (κ1) is 15.6. The predicted molar refractivity (Wildman–Crippen MR) is 79.6 cm³/mol. The average molecular weight is 287 g/mol. The third kappa shape index (κ3) is 5.46. The van der Waals surface area contributed by atoms with Gasteiger partial charge in [0.1, 0.15) is 10.8 Å². The molecular formula is C12H21N3OS2. The number of nitrogens with one attached hydrogen (secondary N) is 1. The van der Waals surface area contributed by atoms with E-state index < -0.39 is 0 Å². The molecule has 1 unspecified atom stereocenters. The van der Waals surface area contributed by atoms with Gasteiger partial charge in [-0.3, -0.25) is 0 Å². The van der Waals surface area contributed by atoms with Gasteiger partial charge in [0.15, 0.2) is 5.16 Å². The Morgan fingerprint density at radius 3 is 2.83 bits per heavy atom. The number of aliphatic hydroxyl groups is 1. The van der Waals surface area contributed by atoms with Crippen LogP contribution in [0.5, 0.6) is 0 Å². The van der Waals surface area contributed by atoms with E-state index in [1.54, 1.807) is 23.5 Å². The fourth-order valence-electron chi connectivity index (χ4n) is 1.19. The van der Waals surface area contributed by atoms with Crippen LogP contribution in [0.3, 0.4) is 0 Å². The number of thioether (sulfide) groups is 2. The van der Waals surface area contributed by atoms with Crippen LogP contribution in [0, 0.1) is 5.92 Å². The Bertz CT molecular complexity index is 363. The Morgan fingerprint density at radius 1 is 1.44 bits per heavy atom. The van der Waals surface area contributed by atoms with Crippen molar-refractivity contribution in [1.82, 2.24) is 9.97 Å². The Balaban J connectivity index is 2.70. The van der Waals surface area contributed by atoms with Gasteiger partial charge in [0, 0.05) is 25.0 Å². The highest BCUT2D eigenvalue weighted by Crippen LogP contribution is 2.23. The van der Waals surface area contributed by atoms with Crippen molar-refractivity contribution in [3.8, 4) is 0 Å². The van der Waals surface area contributed by atoms with Crippen molar-refractivity contribution in [3.63, 3.8) is 0 Å². The third-order valence-corrected chi connectivity index (χ3v) is 4.04. The molecule has 0 saturated carbocycles. The summed E-state index contributed by atoms with van der Waals surface area (Å²) in [5, 5.41) is 14.1. The van der Waals surface area contributed by atoms with Gasteiger partial charge in [0.25, 0.3) is 0 Å². The Hall–Kier alpha value is -0.460. The zero-order chi connectivity index (χ0) is 13.4. The van der Waals surface area contributed by atoms with Gasteiger partial charge < -0.3 is 10.4 Å². The van der Waals surface area contributed by atoms with Crippen molar-refractivity contribution >= 4 is 29.3 Å². The molecule has 1 rings (SSSR count). The van der Waals surface area contributed by atoms with Gasteiger partial charge in [-0.05, 0) is 18.6 Å². The summed E-state index contributed by atoms with van der Waals surface area (Å²) < 4.78 is 0. The maximum atomic E-state index is 9.02. The van der Waals surface area contributed by atoms with Crippen LogP contribution >= 0.6 is 23.5 Å². The van der Waals surface area contributed by atoms with Crippen molar-refractivity contribution in [2.24, 2.45) is 5.92 Å². The molecule has 0 radical (unpaired) electrons. The van der Waals surface area contributed by atoms with Crippen LogP contribution in [0.2, 0.25) is 0 Å². The molecule has 1 heterocycles. The number of aromatic nitrogens is 2. The minimum atomic E-state index is 0.217. The molecule has 0 amide bonds. The van der Waals surface area contributed by atoms with E-state index in [-0.39, 0.29) is 12.5 Å². The molecular weight excluding hydrogens is 266 g/mol. The standard InChI is InChI=1S/C12H21N3OS2/c1-4-5-13-10-6-11(15-12(14-10)17-3)18-8-9(2)7-16/h6,9,16H,4-5,7-8H2,1-3H3,(H,13,14,15). The summed E-state index contributed by atoms with van der Waals surface area (Å²) in [5.74, 6) is 2.04. The topological polar surface area (TPSA) is 58.0 Å². The highest BCUT2D eigenvalue weighted by atomic mass is 32.2. The quantitative estimate of drug-likeness (QED) is 0.435. The van der Waals surface area contributed by atoms with Crippen LogP contribution in [0.15, 0.2) is 16.2 Å². The van der Waals surface area contributed by atoms with Gasteiger partial charge >= 0.3 is 0 Å². The Kier molecular flexibility index (Phi) is 7.46. The summed E-state index contributed by atoms with van der Waals surface area (Å²) in [6.07, 6.45) is 3.05. The van der Waals surface area contributed by atoms with Crippen LogP contribution < -0.4 is 5.32 Å². The molecule has 18 heavy (non-hydrogen) atoms. The van der Waals surface area contributed by atoms with Crippen LogP contribution in [-0.4, -0.2) is 40.2 Å². The van der Waals surface area contributed by atoms with Crippen molar-refractivity contribution in [1.29, 1.82) is 0 Å². The molecule has 1 atom stereocenters. The van der Waals surface area contributed by atoms with Crippen LogP contribution in [0.25, 0.3) is 0 Å². The smallest absolute Gasteiger partial charge is 0.190 e. The highest BCUT2D eigenvalue weighted by molar-refractivity contribution is 7.99. The molecule has 0 saturated heterocycles. The van der Waals surface area contributed by atoms with Gasteiger partial charge in [-0.15, -0.1) is 11.8 Å². The number of nitrogens with zero attached hydrogens (tertiary/aromatic N) is 2. The van der Waals surface area contributed by atoms with E-state index in [2.05, 4.69) is 22.2 Å². The lowest BCUT2D eigenvalue weighted by Gasteiger charge is -2.10. The Morgan fingerprint density at radius 2 is 2.22 bits per heavy atom. The van der Waals surface area contributed by atoms with Crippen molar-refractivity contribution < 1.29 is 5.11 Å². The monoisotopic (exact) mass is 287 g/mol. The molecule has 0 bridgehead atoms. The summed E-state index contributed by atoms with van der Waals surface area (Å²) in [6, 6.07) is 1.98. The molecule has 1 aromatic rings. The first-order valence-electron chi connectivity index (χ1n) is 6.10. The molecule has 0 aliphatic heterocycles. The molecule has 0 aliphatic rings. The molecule has 0 spiro atoms. The van der Waals surface area contributed by atoms with Crippen molar-refractivity contribution in [2.45, 2.75) is 30.5 Å². The first-order valence-corrected chi connectivity index (χ1v) is 8.31. The minimum Gasteiger partial charge on any atom is -0.396 e. The normalized spacial score (nSPS) is 12.4. The molecule has 1 aromatic heterocycles. The van der Waals surface area contributed by atoms with E-state index in [4.69, 9.17) is 5.11 Å². The van der Waals surface area contributed by atoms with Gasteiger partial charge in [-0.1, -0.05) is 25.6 Å². The highest BCUT2D eigenvalue weighted by Gasteiger charge is 2.07. The fourth-order valence-corrected chi connectivity index (χ4v) is 2.54. The molecule has 0 aliphatic carbocycles.